The van der Waals surface area contributed by atoms with Crippen molar-refractivity contribution in [2.45, 2.75) is 19.9 Å². The van der Waals surface area contributed by atoms with Crippen LogP contribution < -0.4 is 5.32 Å². The van der Waals surface area contributed by atoms with Gasteiger partial charge in [0.15, 0.2) is 0 Å². The fourth-order valence-corrected chi connectivity index (χ4v) is 2.50. The van der Waals surface area contributed by atoms with Gasteiger partial charge in [-0.25, -0.2) is 4.79 Å². The van der Waals surface area contributed by atoms with Gasteiger partial charge in [0.05, 0.1) is 6.54 Å². The second-order valence-corrected chi connectivity index (χ2v) is 5.46. The van der Waals surface area contributed by atoms with Crippen LogP contribution in [0.5, 0.6) is 0 Å². The molecule has 4 nitrogen and oxygen atoms in total. The van der Waals surface area contributed by atoms with Gasteiger partial charge in [-0.05, 0) is 29.2 Å². The minimum absolute atomic E-state index is 0.275. The Morgan fingerprint density at radius 3 is 2.30 bits per heavy atom. The lowest BCUT2D eigenvalue weighted by molar-refractivity contribution is -0.123. The molecule has 0 bridgehead atoms. The number of urea groups is 1. The van der Waals surface area contributed by atoms with Crippen LogP contribution in [-0.2, 0) is 17.8 Å². The molecule has 23 heavy (non-hydrogen) atoms. The molecule has 116 valence electrons. The number of nitrogens with zero attached hydrogens (tertiary/aromatic N) is 1. The van der Waals surface area contributed by atoms with E-state index < -0.39 is 0 Å². The van der Waals surface area contributed by atoms with Crippen LogP contribution in [-0.4, -0.2) is 16.8 Å². The molecule has 4 heteroatoms. The highest BCUT2D eigenvalue weighted by atomic mass is 16.2. The lowest BCUT2D eigenvalue weighted by atomic mass is 10.1. The summed E-state index contributed by atoms with van der Waals surface area (Å²) in [5.41, 5.74) is 3.37. The van der Waals surface area contributed by atoms with Crippen molar-refractivity contribution >= 4 is 18.0 Å². The molecule has 0 atom stereocenters. The van der Waals surface area contributed by atoms with Crippen molar-refractivity contribution in [3.05, 3.63) is 77.0 Å². The zero-order valence-electron chi connectivity index (χ0n) is 13.0. The highest BCUT2D eigenvalue weighted by Gasteiger charge is 2.33. The van der Waals surface area contributed by atoms with Gasteiger partial charge in [-0.3, -0.25) is 9.69 Å². The van der Waals surface area contributed by atoms with Gasteiger partial charge < -0.3 is 5.32 Å². The average Bonchev–Trinajstić information content (AvgIpc) is 2.84. The van der Waals surface area contributed by atoms with Crippen LogP contribution in [0, 0.1) is 0 Å². The van der Waals surface area contributed by atoms with Crippen LogP contribution >= 0.6 is 0 Å². The molecule has 2 aromatic rings. The zero-order chi connectivity index (χ0) is 16.2. The van der Waals surface area contributed by atoms with Crippen LogP contribution in [0.1, 0.15) is 23.6 Å². The molecular weight excluding hydrogens is 288 g/mol. The van der Waals surface area contributed by atoms with Crippen molar-refractivity contribution in [2.75, 3.05) is 0 Å². The number of hydrogen-bond acceptors (Lipinski definition) is 2. The fourth-order valence-electron chi connectivity index (χ4n) is 2.50. The van der Waals surface area contributed by atoms with Crippen molar-refractivity contribution in [1.29, 1.82) is 0 Å². The van der Waals surface area contributed by atoms with Gasteiger partial charge in [-0.15, -0.1) is 0 Å². The fraction of sp³-hybridized carbons (Fsp3) is 0.158. The maximum atomic E-state index is 12.4. The molecule has 1 heterocycles. The Labute approximate surface area is 135 Å². The summed E-state index contributed by atoms with van der Waals surface area (Å²) in [7, 11) is 0. The quantitative estimate of drug-likeness (QED) is 0.695. The smallest absolute Gasteiger partial charge is 0.303 e. The Balaban J connectivity index is 1.78. The van der Waals surface area contributed by atoms with E-state index in [2.05, 4.69) is 12.2 Å². The first-order valence-electron chi connectivity index (χ1n) is 7.65. The van der Waals surface area contributed by atoms with Crippen molar-refractivity contribution in [3.63, 3.8) is 0 Å². The summed E-state index contributed by atoms with van der Waals surface area (Å²) in [6, 6.07) is 17.0. The Morgan fingerprint density at radius 2 is 1.65 bits per heavy atom. The normalized spacial score (nSPS) is 16.0. The molecule has 0 aromatic heterocycles. The predicted octanol–water partition coefficient (Wildman–Crippen LogP) is 3.34. The molecule has 3 amide bonds. The molecule has 3 rings (SSSR count). The SMILES string of the molecule is CCc1ccc(/C=C2/NC(=O)N(Cc3ccccc3)C2=O)cc1. The summed E-state index contributed by atoms with van der Waals surface area (Å²) in [5.74, 6) is -0.293. The lowest BCUT2D eigenvalue weighted by Crippen LogP contribution is -2.30. The van der Waals surface area contributed by atoms with E-state index >= 15 is 0 Å². The van der Waals surface area contributed by atoms with Gasteiger partial charge in [-0.2, -0.15) is 0 Å². The van der Waals surface area contributed by atoms with E-state index in [1.807, 2.05) is 54.6 Å². The number of amides is 3. The van der Waals surface area contributed by atoms with E-state index in [1.54, 1.807) is 6.08 Å². The maximum absolute atomic E-state index is 12.4. The van der Waals surface area contributed by atoms with Gasteiger partial charge >= 0.3 is 6.03 Å². The number of benzene rings is 2. The first-order chi connectivity index (χ1) is 11.2. The average molecular weight is 306 g/mol. The van der Waals surface area contributed by atoms with Crippen LogP contribution in [0.4, 0.5) is 4.79 Å². The van der Waals surface area contributed by atoms with Gasteiger partial charge in [0, 0.05) is 0 Å². The highest BCUT2D eigenvalue weighted by Crippen LogP contribution is 2.17. The predicted molar refractivity (Wildman–Crippen MR) is 89.3 cm³/mol. The third-order valence-electron chi connectivity index (χ3n) is 3.84. The Hall–Kier alpha value is -2.88. The molecule has 1 saturated heterocycles. The van der Waals surface area contributed by atoms with E-state index in [4.69, 9.17) is 0 Å². The molecule has 1 N–H and O–H groups in total. The van der Waals surface area contributed by atoms with Crippen LogP contribution in [0.15, 0.2) is 60.3 Å². The number of nitrogens with one attached hydrogen (secondary N) is 1. The number of carbonyl (C=O) groups excluding carboxylic acids is 2. The lowest BCUT2D eigenvalue weighted by Gasteiger charge is -2.11. The number of rotatable bonds is 4. The summed E-state index contributed by atoms with van der Waals surface area (Å²) >= 11 is 0. The van der Waals surface area contributed by atoms with Crippen molar-refractivity contribution in [2.24, 2.45) is 0 Å². The zero-order valence-corrected chi connectivity index (χ0v) is 13.0. The van der Waals surface area contributed by atoms with Crippen molar-refractivity contribution in [1.82, 2.24) is 10.2 Å². The summed E-state index contributed by atoms with van der Waals surface area (Å²) in [5, 5.41) is 2.65. The van der Waals surface area contributed by atoms with E-state index in [1.165, 1.54) is 10.5 Å². The maximum Gasteiger partial charge on any atom is 0.329 e. The van der Waals surface area contributed by atoms with E-state index in [-0.39, 0.29) is 18.5 Å². The largest absolute Gasteiger partial charge is 0.329 e. The van der Waals surface area contributed by atoms with E-state index in [9.17, 15) is 9.59 Å². The molecule has 0 saturated carbocycles. The van der Waals surface area contributed by atoms with E-state index in [0.717, 1.165) is 17.5 Å². The number of imide groups is 1. The van der Waals surface area contributed by atoms with Crippen LogP contribution in [0.25, 0.3) is 6.08 Å². The van der Waals surface area contributed by atoms with Crippen molar-refractivity contribution < 1.29 is 9.59 Å². The van der Waals surface area contributed by atoms with Crippen LogP contribution in [0.2, 0.25) is 0 Å². The summed E-state index contributed by atoms with van der Waals surface area (Å²) in [6.07, 6.45) is 2.68. The Bertz CT molecular complexity index is 749. The van der Waals surface area contributed by atoms with E-state index in [0.29, 0.717) is 5.70 Å². The monoisotopic (exact) mass is 306 g/mol. The third-order valence-corrected chi connectivity index (χ3v) is 3.84. The minimum Gasteiger partial charge on any atom is -0.303 e. The third kappa shape index (κ3) is 3.31. The van der Waals surface area contributed by atoms with Gasteiger partial charge in [0.1, 0.15) is 5.70 Å². The standard InChI is InChI=1S/C19H18N2O2/c1-2-14-8-10-15(11-9-14)12-17-18(22)21(19(23)20-17)13-16-6-4-3-5-7-16/h3-12H,2,13H2,1H3,(H,20,23)/b17-12+. The molecule has 0 unspecified atom stereocenters. The molecule has 0 radical (unpaired) electrons. The van der Waals surface area contributed by atoms with Gasteiger partial charge in [-0.1, -0.05) is 61.5 Å². The molecule has 0 aliphatic carbocycles. The topological polar surface area (TPSA) is 49.4 Å². The highest BCUT2D eigenvalue weighted by molar-refractivity contribution is 6.13. The summed E-state index contributed by atoms with van der Waals surface area (Å²) in [4.78, 5) is 25.7. The molecule has 0 spiro atoms. The number of carbonyl (C=O) groups is 2. The number of hydrogen-bond donors (Lipinski definition) is 1. The Morgan fingerprint density at radius 1 is 0.957 bits per heavy atom. The molecule has 1 aliphatic heterocycles. The molecule has 1 aliphatic rings. The minimum atomic E-state index is -0.379. The number of aryl methyl sites for hydroxylation is 1. The second-order valence-electron chi connectivity index (χ2n) is 5.46. The summed E-state index contributed by atoms with van der Waals surface area (Å²) in [6.45, 7) is 2.37. The Kier molecular flexibility index (Phi) is 4.24. The molecule has 2 aromatic carbocycles. The van der Waals surface area contributed by atoms with Gasteiger partial charge in [0.25, 0.3) is 5.91 Å². The first-order valence-corrected chi connectivity index (χ1v) is 7.65. The van der Waals surface area contributed by atoms with Gasteiger partial charge in [0.2, 0.25) is 0 Å². The first kappa shape index (κ1) is 15.0. The summed E-state index contributed by atoms with van der Waals surface area (Å²) < 4.78 is 0. The molecule has 1 fully saturated rings. The van der Waals surface area contributed by atoms with Crippen LogP contribution in [0.3, 0.4) is 0 Å². The second kappa shape index (κ2) is 6.48. The molecular formula is C19H18N2O2. The van der Waals surface area contributed by atoms with Crippen molar-refractivity contribution in [3.8, 4) is 0 Å².